The third-order valence-electron chi connectivity index (χ3n) is 3.35. The Labute approximate surface area is 128 Å². The highest BCUT2D eigenvalue weighted by Crippen LogP contribution is 2.33. The number of fused-ring (bicyclic) bond motifs is 1. The van der Waals surface area contributed by atoms with Crippen molar-refractivity contribution in [3.8, 4) is 10.4 Å². The van der Waals surface area contributed by atoms with Crippen molar-refractivity contribution in [2.45, 2.75) is 19.9 Å². The third kappa shape index (κ3) is 2.18. The summed E-state index contributed by atoms with van der Waals surface area (Å²) in [6.45, 7) is 3.15. The molecule has 0 amide bonds. The molecule has 0 saturated heterocycles. The summed E-state index contributed by atoms with van der Waals surface area (Å²) in [7, 11) is 0. The number of thiophene rings is 2. The van der Waals surface area contributed by atoms with Crippen LogP contribution in [0.5, 0.6) is 0 Å². The zero-order valence-electron chi connectivity index (χ0n) is 11.4. The molecule has 0 fully saturated rings. The van der Waals surface area contributed by atoms with Gasteiger partial charge in [0.15, 0.2) is 0 Å². The van der Waals surface area contributed by atoms with Crippen molar-refractivity contribution in [1.82, 2.24) is 9.55 Å². The lowest BCUT2D eigenvalue weighted by Crippen LogP contribution is -2.30. The van der Waals surface area contributed by atoms with Crippen molar-refractivity contribution < 1.29 is 9.90 Å². The van der Waals surface area contributed by atoms with Crippen molar-refractivity contribution in [1.29, 1.82) is 0 Å². The van der Waals surface area contributed by atoms with Crippen LogP contribution in [0.15, 0.2) is 27.7 Å². The first kappa shape index (κ1) is 14.0. The molecule has 21 heavy (non-hydrogen) atoms. The van der Waals surface area contributed by atoms with E-state index >= 15 is 0 Å². The number of aromatic nitrogens is 2. The van der Waals surface area contributed by atoms with Crippen LogP contribution in [0.3, 0.4) is 0 Å². The fourth-order valence-electron chi connectivity index (χ4n) is 2.28. The van der Waals surface area contributed by atoms with Crippen molar-refractivity contribution >= 4 is 38.9 Å². The number of aliphatic carboxylic acids is 1. The molecule has 0 aliphatic heterocycles. The molecule has 1 atom stereocenters. The van der Waals surface area contributed by atoms with Gasteiger partial charge in [0.05, 0.1) is 5.39 Å². The summed E-state index contributed by atoms with van der Waals surface area (Å²) in [5.41, 5.74) is 0.533. The van der Waals surface area contributed by atoms with Crippen LogP contribution >= 0.6 is 22.7 Å². The highest BCUT2D eigenvalue weighted by molar-refractivity contribution is 7.18. The van der Waals surface area contributed by atoms with Crippen LogP contribution in [-0.2, 0) is 4.79 Å². The van der Waals surface area contributed by atoms with Crippen LogP contribution in [0.25, 0.3) is 20.7 Å². The van der Waals surface area contributed by atoms with E-state index < -0.39 is 12.0 Å². The molecule has 108 valence electrons. The average molecular weight is 320 g/mol. The minimum atomic E-state index is -1.05. The molecule has 0 saturated carbocycles. The monoisotopic (exact) mass is 320 g/mol. The summed E-state index contributed by atoms with van der Waals surface area (Å²) in [5.74, 6) is -0.628. The molecular weight excluding hydrogens is 308 g/mol. The smallest absolute Gasteiger partial charge is 0.326 e. The van der Waals surface area contributed by atoms with E-state index in [0.717, 1.165) is 10.4 Å². The number of hydrogen-bond donors (Lipinski definition) is 1. The highest BCUT2D eigenvalue weighted by Gasteiger charge is 2.22. The van der Waals surface area contributed by atoms with Crippen molar-refractivity contribution in [3.05, 3.63) is 39.1 Å². The van der Waals surface area contributed by atoms with Gasteiger partial charge in [-0.1, -0.05) is 6.07 Å². The minimum Gasteiger partial charge on any atom is -0.480 e. The van der Waals surface area contributed by atoms with Gasteiger partial charge in [-0.2, -0.15) is 0 Å². The molecular formula is C14H12N2O3S2. The molecule has 0 spiro atoms. The maximum Gasteiger partial charge on any atom is 0.326 e. The van der Waals surface area contributed by atoms with Gasteiger partial charge in [-0.15, -0.1) is 22.7 Å². The molecule has 0 aromatic carbocycles. The maximum atomic E-state index is 12.7. The van der Waals surface area contributed by atoms with Gasteiger partial charge in [0.2, 0.25) is 0 Å². The molecule has 3 heterocycles. The van der Waals surface area contributed by atoms with Gasteiger partial charge in [-0.25, -0.2) is 9.78 Å². The fourth-order valence-corrected chi connectivity index (χ4v) is 4.08. The van der Waals surface area contributed by atoms with Crippen molar-refractivity contribution in [2.24, 2.45) is 0 Å². The Hall–Kier alpha value is -1.99. The molecule has 0 bridgehead atoms. The molecule has 7 heteroatoms. The van der Waals surface area contributed by atoms with Gasteiger partial charge in [-0.3, -0.25) is 9.36 Å². The Kier molecular flexibility index (Phi) is 3.38. The number of carboxylic acids is 1. The van der Waals surface area contributed by atoms with E-state index in [0.29, 0.717) is 16.0 Å². The van der Waals surface area contributed by atoms with Gasteiger partial charge in [0.25, 0.3) is 5.56 Å². The van der Waals surface area contributed by atoms with Crippen LogP contribution < -0.4 is 5.56 Å². The molecule has 0 aliphatic rings. The quantitative estimate of drug-likeness (QED) is 0.804. The Bertz CT molecular complexity index is 878. The average Bonchev–Trinajstić information content (AvgIpc) is 3.06. The summed E-state index contributed by atoms with van der Waals surface area (Å²) >= 11 is 2.95. The van der Waals surface area contributed by atoms with Gasteiger partial charge in [-0.05, 0) is 25.3 Å². The molecule has 5 nitrogen and oxygen atoms in total. The maximum absolute atomic E-state index is 12.7. The van der Waals surface area contributed by atoms with E-state index in [2.05, 4.69) is 4.98 Å². The van der Waals surface area contributed by atoms with Crippen LogP contribution in [0, 0.1) is 6.92 Å². The third-order valence-corrected chi connectivity index (χ3v) is 5.12. The fraction of sp³-hybridized carbons (Fsp3) is 0.214. The van der Waals surface area contributed by atoms with E-state index in [4.69, 9.17) is 0 Å². The lowest BCUT2D eigenvalue weighted by atomic mass is 10.2. The Balaban J connectivity index is 2.35. The Morgan fingerprint density at radius 3 is 2.81 bits per heavy atom. The molecule has 0 aliphatic carbocycles. The topological polar surface area (TPSA) is 72.2 Å². The summed E-state index contributed by atoms with van der Waals surface area (Å²) in [6.07, 6.45) is 0. The van der Waals surface area contributed by atoms with Crippen LogP contribution in [0.1, 0.15) is 18.8 Å². The number of rotatable bonds is 3. The molecule has 3 rings (SSSR count). The van der Waals surface area contributed by atoms with Gasteiger partial charge in [0, 0.05) is 15.8 Å². The summed E-state index contributed by atoms with van der Waals surface area (Å²) in [6, 6.07) is 2.92. The normalized spacial score (nSPS) is 12.7. The Morgan fingerprint density at radius 1 is 1.43 bits per heavy atom. The molecule has 1 unspecified atom stereocenters. The molecule has 0 radical (unpaired) electrons. The number of hydrogen-bond acceptors (Lipinski definition) is 5. The zero-order valence-corrected chi connectivity index (χ0v) is 13.0. The lowest BCUT2D eigenvalue weighted by Gasteiger charge is -2.13. The standard InChI is InChI=1S/C14H12N2O3S2/c1-7(14(18)19)16-8(2)15-12-11(13(16)17)9(6-21-12)10-4-3-5-20-10/h3-7H,1-2H3,(H,18,19). The van der Waals surface area contributed by atoms with Gasteiger partial charge in [0.1, 0.15) is 16.7 Å². The van der Waals surface area contributed by atoms with Gasteiger partial charge < -0.3 is 5.11 Å². The number of aryl methyl sites for hydroxylation is 1. The summed E-state index contributed by atoms with van der Waals surface area (Å²) in [5, 5.41) is 13.5. The van der Waals surface area contributed by atoms with Gasteiger partial charge >= 0.3 is 5.97 Å². The second-order valence-electron chi connectivity index (χ2n) is 4.66. The SMILES string of the molecule is Cc1nc2scc(-c3cccs3)c2c(=O)n1C(C)C(=O)O. The number of carbonyl (C=O) groups is 1. The van der Waals surface area contributed by atoms with Crippen LogP contribution in [0.4, 0.5) is 0 Å². The largest absolute Gasteiger partial charge is 0.480 e. The first-order chi connectivity index (χ1) is 10.0. The van der Waals surface area contributed by atoms with E-state index in [1.54, 1.807) is 18.3 Å². The summed E-state index contributed by atoms with van der Waals surface area (Å²) in [4.78, 5) is 30.0. The lowest BCUT2D eigenvalue weighted by molar-refractivity contribution is -0.140. The van der Waals surface area contributed by atoms with Crippen LogP contribution in [0.2, 0.25) is 0 Å². The first-order valence-electron chi connectivity index (χ1n) is 6.27. The predicted molar refractivity (Wildman–Crippen MR) is 84.3 cm³/mol. The molecule has 1 N–H and O–H groups in total. The second-order valence-corrected chi connectivity index (χ2v) is 6.46. The van der Waals surface area contributed by atoms with E-state index in [-0.39, 0.29) is 5.56 Å². The predicted octanol–water partition coefficient (Wildman–Crippen LogP) is 3.14. The number of nitrogens with zero attached hydrogens (tertiary/aromatic N) is 2. The zero-order chi connectivity index (χ0) is 15.1. The Morgan fingerprint density at radius 2 is 2.19 bits per heavy atom. The van der Waals surface area contributed by atoms with Crippen LogP contribution in [-0.4, -0.2) is 20.6 Å². The minimum absolute atomic E-state index is 0.294. The number of carboxylic acid groups (broad SMARTS) is 1. The second kappa shape index (κ2) is 5.09. The molecule has 3 aromatic rings. The highest BCUT2D eigenvalue weighted by atomic mass is 32.1. The van der Waals surface area contributed by atoms with Crippen molar-refractivity contribution in [2.75, 3.05) is 0 Å². The van der Waals surface area contributed by atoms with E-state index in [9.17, 15) is 14.7 Å². The molecule has 3 aromatic heterocycles. The van der Waals surface area contributed by atoms with E-state index in [1.165, 1.54) is 22.8 Å². The summed E-state index contributed by atoms with van der Waals surface area (Å²) < 4.78 is 1.24. The first-order valence-corrected chi connectivity index (χ1v) is 8.03. The van der Waals surface area contributed by atoms with Crippen molar-refractivity contribution in [3.63, 3.8) is 0 Å². The van der Waals surface area contributed by atoms with E-state index in [1.807, 2.05) is 22.9 Å².